The van der Waals surface area contributed by atoms with Crippen molar-refractivity contribution < 1.29 is 19.6 Å². The molecular formula is C8H3IN2O5. The molecule has 0 heterocycles. The van der Waals surface area contributed by atoms with E-state index in [-0.39, 0.29) is 14.9 Å². The summed E-state index contributed by atoms with van der Waals surface area (Å²) < 4.78 is 0.201. The molecule has 1 rings (SSSR count). The summed E-state index contributed by atoms with van der Waals surface area (Å²) in [6, 6.07) is 1.98. The topological polar surface area (TPSA) is 110 Å². The average molecular weight is 334 g/mol. The molecule has 0 unspecified atom stereocenters. The van der Waals surface area contributed by atoms with Crippen LogP contribution in [-0.4, -0.2) is 22.1 Å². The number of aliphatic imine (C=N–C) groups is 1. The number of aromatic carboxylic acids is 1. The third-order valence-corrected chi connectivity index (χ3v) is 2.47. The number of hydrogen-bond donors (Lipinski definition) is 1. The van der Waals surface area contributed by atoms with Gasteiger partial charge in [-0.2, -0.15) is 4.99 Å². The summed E-state index contributed by atoms with van der Waals surface area (Å²) in [6.07, 6.45) is 1.21. The fraction of sp³-hybridized carbons (Fsp3) is 0. The van der Waals surface area contributed by atoms with Crippen LogP contribution >= 0.6 is 22.6 Å². The number of hydrogen-bond acceptors (Lipinski definition) is 5. The summed E-state index contributed by atoms with van der Waals surface area (Å²) in [6.45, 7) is 0. The zero-order valence-electron chi connectivity index (χ0n) is 7.51. The molecule has 82 valence electrons. The van der Waals surface area contributed by atoms with Gasteiger partial charge in [0.2, 0.25) is 6.08 Å². The molecule has 0 aliphatic carbocycles. The summed E-state index contributed by atoms with van der Waals surface area (Å²) in [7, 11) is 0. The lowest BCUT2D eigenvalue weighted by molar-refractivity contribution is -0.385. The number of halogens is 1. The number of carboxylic acids is 1. The van der Waals surface area contributed by atoms with Crippen LogP contribution < -0.4 is 0 Å². The number of nitro benzene ring substituents is 1. The van der Waals surface area contributed by atoms with Crippen LogP contribution in [-0.2, 0) is 4.79 Å². The molecular weight excluding hydrogens is 331 g/mol. The van der Waals surface area contributed by atoms with Gasteiger partial charge in [0.15, 0.2) is 0 Å². The van der Waals surface area contributed by atoms with Crippen molar-refractivity contribution in [2.45, 2.75) is 0 Å². The fourth-order valence-electron chi connectivity index (χ4n) is 1.01. The van der Waals surface area contributed by atoms with Gasteiger partial charge in [0.1, 0.15) is 5.69 Å². The molecule has 0 radical (unpaired) electrons. The number of rotatable bonds is 3. The first-order valence-corrected chi connectivity index (χ1v) is 4.84. The largest absolute Gasteiger partial charge is 0.478 e. The van der Waals surface area contributed by atoms with Crippen LogP contribution in [0.15, 0.2) is 17.1 Å². The number of carbonyl (C=O) groups is 1. The van der Waals surface area contributed by atoms with Crippen molar-refractivity contribution in [3.05, 3.63) is 31.4 Å². The van der Waals surface area contributed by atoms with Gasteiger partial charge in [-0.1, -0.05) is 0 Å². The molecule has 1 aromatic carbocycles. The SMILES string of the molecule is O=C=Nc1c(I)cc([N+](=O)[O-])cc1C(=O)O. The summed E-state index contributed by atoms with van der Waals surface area (Å²) in [5.41, 5.74) is -0.901. The van der Waals surface area contributed by atoms with Crippen molar-refractivity contribution in [2.75, 3.05) is 0 Å². The monoisotopic (exact) mass is 334 g/mol. The van der Waals surface area contributed by atoms with Gasteiger partial charge < -0.3 is 5.11 Å². The predicted octanol–water partition coefficient (Wildman–Crippen LogP) is 1.86. The lowest BCUT2D eigenvalue weighted by Gasteiger charge is -2.01. The first-order chi connectivity index (χ1) is 7.47. The van der Waals surface area contributed by atoms with Crippen LogP contribution in [0, 0.1) is 13.7 Å². The van der Waals surface area contributed by atoms with E-state index in [0.717, 1.165) is 12.1 Å². The van der Waals surface area contributed by atoms with Gasteiger partial charge in [0.25, 0.3) is 5.69 Å². The Hall–Kier alpha value is -1.80. The highest BCUT2D eigenvalue weighted by Gasteiger charge is 2.19. The molecule has 1 N–H and O–H groups in total. The lowest BCUT2D eigenvalue weighted by atomic mass is 10.1. The Kier molecular flexibility index (Phi) is 3.69. The quantitative estimate of drug-likeness (QED) is 0.298. The van der Waals surface area contributed by atoms with E-state index < -0.39 is 16.5 Å². The molecule has 0 fully saturated rings. The molecule has 0 saturated heterocycles. The van der Waals surface area contributed by atoms with Crippen molar-refractivity contribution in [3.8, 4) is 0 Å². The average Bonchev–Trinajstić information content (AvgIpc) is 2.20. The van der Waals surface area contributed by atoms with Gasteiger partial charge in [-0.25, -0.2) is 9.59 Å². The highest BCUT2D eigenvalue weighted by atomic mass is 127. The van der Waals surface area contributed by atoms with E-state index in [1.165, 1.54) is 6.08 Å². The van der Waals surface area contributed by atoms with Crippen LogP contribution in [0.1, 0.15) is 10.4 Å². The first-order valence-electron chi connectivity index (χ1n) is 3.76. The molecule has 0 amide bonds. The van der Waals surface area contributed by atoms with Crippen LogP contribution in [0.4, 0.5) is 11.4 Å². The normalized spacial score (nSPS) is 9.31. The maximum atomic E-state index is 10.8. The smallest absolute Gasteiger partial charge is 0.338 e. The zero-order valence-corrected chi connectivity index (χ0v) is 9.66. The standard InChI is InChI=1S/C8H3IN2O5/c9-6-2-4(11(15)16)1-5(8(13)14)7(6)10-3-12/h1-2H,(H,13,14). The molecule has 8 heteroatoms. The number of nitrogens with zero attached hydrogens (tertiary/aromatic N) is 2. The van der Waals surface area contributed by atoms with Gasteiger partial charge in [-0.15, -0.1) is 0 Å². The highest BCUT2D eigenvalue weighted by Crippen LogP contribution is 2.30. The number of carbonyl (C=O) groups excluding carboxylic acids is 1. The second-order valence-electron chi connectivity index (χ2n) is 2.59. The van der Waals surface area contributed by atoms with Crippen LogP contribution in [0.25, 0.3) is 0 Å². The Morgan fingerprint density at radius 3 is 2.62 bits per heavy atom. The number of benzene rings is 1. The Labute approximate surface area is 102 Å². The van der Waals surface area contributed by atoms with E-state index in [4.69, 9.17) is 5.11 Å². The molecule has 0 spiro atoms. The molecule has 7 nitrogen and oxygen atoms in total. The van der Waals surface area contributed by atoms with Crippen molar-refractivity contribution >= 4 is 46.0 Å². The molecule has 0 aliphatic heterocycles. The number of non-ortho nitro benzene ring substituents is 1. The Bertz CT molecular complexity index is 521. The van der Waals surface area contributed by atoms with Gasteiger partial charge in [-0.05, 0) is 22.6 Å². The maximum Gasteiger partial charge on any atom is 0.338 e. The number of carboxylic acid groups (broad SMARTS) is 1. The molecule has 0 bridgehead atoms. The Morgan fingerprint density at radius 2 is 2.19 bits per heavy atom. The van der Waals surface area contributed by atoms with E-state index in [0.29, 0.717) is 0 Å². The zero-order chi connectivity index (χ0) is 12.3. The minimum Gasteiger partial charge on any atom is -0.478 e. The third-order valence-electron chi connectivity index (χ3n) is 1.65. The number of isocyanates is 1. The van der Waals surface area contributed by atoms with Gasteiger partial charge >= 0.3 is 5.97 Å². The van der Waals surface area contributed by atoms with Crippen LogP contribution in [0.3, 0.4) is 0 Å². The van der Waals surface area contributed by atoms with Crippen molar-refractivity contribution in [2.24, 2.45) is 4.99 Å². The predicted molar refractivity (Wildman–Crippen MR) is 60.6 cm³/mol. The summed E-state index contributed by atoms with van der Waals surface area (Å²) in [5.74, 6) is -1.39. The van der Waals surface area contributed by atoms with Gasteiger partial charge in [-0.3, -0.25) is 10.1 Å². The minimum atomic E-state index is -1.39. The van der Waals surface area contributed by atoms with Gasteiger partial charge in [0.05, 0.1) is 10.5 Å². The summed E-state index contributed by atoms with van der Waals surface area (Å²) in [5, 5.41) is 19.3. The lowest BCUT2D eigenvalue weighted by Crippen LogP contribution is -2.00. The van der Waals surface area contributed by atoms with E-state index in [1.807, 2.05) is 0 Å². The minimum absolute atomic E-state index is 0.131. The van der Waals surface area contributed by atoms with Crippen molar-refractivity contribution in [3.63, 3.8) is 0 Å². The van der Waals surface area contributed by atoms with Crippen molar-refractivity contribution in [1.82, 2.24) is 0 Å². The molecule has 0 aliphatic rings. The number of nitro groups is 1. The molecule has 0 saturated carbocycles. The first kappa shape index (κ1) is 12.3. The third kappa shape index (κ3) is 2.41. The molecule has 16 heavy (non-hydrogen) atoms. The Morgan fingerprint density at radius 1 is 1.56 bits per heavy atom. The summed E-state index contributed by atoms with van der Waals surface area (Å²) >= 11 is 1.66. The maximum absolute atomic E-state index is 10.8. The van der Waals surface area contributed by atoms with E-state index in [1.54, 1.807) is 22.6 Å². The van der Waals surface area contributed by atoms with Crippen LogP contribution in [0.2, 0.25) is 0 Å². The van der Waals surface area contributed by atoms with E-state index >= 15 is 0 Å². The highest BCUT2D eigenvalue weighted by molar-refractivity contribution is 14.1. The van der Waals surface area contributed by atoms with Gasteiger partial charge in [0, 0.05) is 15.7 Å². The van der Waals surface area contributed by atoms with E-state index in [9.17, 15) is 19.7 Å². The fourth-order valence-corrected chi connectivity index (χ4v) is 1.74. The second kappa shape index (κ2) is 4.81. The van der Waals surface area contributed by atoms with E-state index in [2.05, 4.69) is 4.99 Å². The second-order valence-corrected chi connectivity index (χ2v) is 3.75. The molecule has 0 atom stereocenters. The van der Waals surface area contributed by atoms with Crippen molar-refractivity contribution in [1.29, 1.82) is 0 Å². The molecule has 1 aromatic rings. The Balaban J connectivity index is 3.57. The van der Waals surface area contributed by atoms with Crippen LogP contribution in [0.5, 0.6) is 0 Å². The summed E-state index contributed by atoms with van der Waals surface area (Å²) in [4.78, 5) is 33.9. The molecule has 0 aromatic heterocycles.